The van der Waals surface area contributed by atoms with Gasteiger partial charge >= 0.3 is 0 Å². The van der Waals surface area contributed by atoms with Crippen LogP contribution in [0.3, 0.4) is 0 Å². The summed E-state index contributed by atoms with van der Waals surface area (Å²) in [6.07, 6.45) is 1.98. The van der Waals surface area contributed by atoms with Crippen molar-refractivity contribution in [3.63, 3.8) is 0 Å². The molecule has 1 atom stereocenters. The molecule has 2 N–H and O–H groups in total. The van der Waals surface area contributed by atoms with E-state index in [0.717, 1.165) is 11.0 Å². The van der Waals surface area contributed by atoms with E-state index < -0.39 is 0 Å². The Kier molecular flexibility index (Phi) is 3.90. The first-order valence-electron chi connectivity index (χ1n) is 6.77. The minimum absolute atomic E-state index is 0.326. The van der Waals surface area contributed by atoms with Crippen molar-refractivity contribution in [1.82, 2.24) is 10.3 Å². The molecule has 3 rings (SSSR count). The van der Waals surface area contributed by atoms with Crippen LogP contribution in [0.1, 0.15) is 24.1 Å². The fraction of sp³-hybridized carbons (Fsp3) is 0.176. The number of nitrogens with one attached hydrogen (secondary N) is 2. The Balaban J connectivity index is 1.69. The summed E-state index contributed by atoms with van der Waals surface area (Å²) in [6.45, 7) is 3.05. The van der Waals surface area contributed by atoms with Gasteiger partial charge in [-0.3, -0.25) is 0 Å². The van der Waals surface area contributed by atoms with Crippen molar-refractivity contribution in [2.45, 2.75) is 19.5 Å². The van der Waals surface area contributed by atoms with Gasteiger partial charge in [0.15, 0.2) is 0 Å². The van der Waals surface area contributed by atoms with Crippen LogP contribution in [0.4, 0.5) is 0 Å². The third kappa shape index (κ3) is 2.94. The van der Waals surface area contributed by atoms with Crippen molar-refractivity contribution in [3.8, 4) is 0 Å². The molecular weight excluding hydrogens is 312 g/mol. The van der Waals surface area contributed by atoms with E-state index in [4.69, 9.17) is 0 Å². The maximum Gasteiger partial charge on any atom is 0.0457 e. The number of aromatic amines is 1. The lowest BCUT2D eigenvalue weighted by Crippen LogP contribution is -2.18. The normalized spacial score (nSPS) is 12.7. The Bertz CT molecular complexity index is 718. The quantitative estimate of drug-likeness (QED) is 0.708. The van der Waals surface area contributed by atoms with Crippen molar-refractivity contribution >= 4 is 26.8 Å². The number of H-pyrrole nitrogens is 1. The first-order valence-corrected chi connectivity index (χ1v) is 7.56. The summed E-state index contributed by atoms with van der Waals surface area (Å²) in [5, 5.41) is 4.82. The van der Waals surface area contributed by atoms with Crippen LogP contribution in [0, 0.1) is 0 Å². The van der Waals surface area contributed by atoms with Crippen LogP contribution in [0.15, 0.2) is 59.2 Å². The Labute approximate surface area is 127 Å². The minimum atomic E-state index is 0.326. The van der Waals surface area contributed by atoms with Gasteiger partial charge in [-0.25, -0.2) is 0 Å². The predicted molar refractivity (Wildman–Crippen MR) is 87.7 cm³/mol. The second kappa shape index (κ2) is 5.81. The number of hydrogen-bond donors (Lipinski definition) is 2. The van der Waals surface area contributed by atoms with Gasteiger partial charge in [0.2, 0.25) is 0 Å². The summed E-state index contributed by atoms with van der Waals surface area (Å²) in [4.78, 5) is 3.25. The van der Waals surface area contributed by atoms with Crippen LogP contribution < -0.4 is 5.32 Å². The molecule has 0 radical (unpaired) electrons. The van der Waals surface area contributed by atoms with Gasteiger partial charge in [-0.15, -0.1) is 0 Å². The molecule has 102 valence electrons. The van der Waals surface area contributed by atoms with E-state index in [1.807, 2.05) is 6.20 Å². The summed E-state index contributed by atoms with van der Waals surface area (Å²) in [5.41, 5.74) is 3.78. The molecule has 0 aliphatic carbocycles. The summed E-state index contributed by atoms with van der Waals surface area (Å²) in [7, 11) is 0. The van der Waals surface area contributed by atoms with Crippen molar-refractivity contribution in [2.75, 3.05) is 0 Å². The maximum absolute atomic E-state index is 3.56. The van der Waals surface area contributed by atoms with E-state index >= 15 is 0 Å². The smallest absolute Gasteiger partial charge is 0.0457 e. The predicted octanol–water partition coefficient (Wildman–Crippen LogP) is 4.78. The first-order chi connectivity index (χ1) is 9.72. The minimum Gasteiger partial charge on any atom is -0.361 e. The molecule has 0 aliphatic rings. The van der Waals surface area contributed by atoms with Crippen LogP contribution in [0.2, 0.25) is 0 Å². The lowest BCUT2D eigenvalue weighted by Gasteiger charge is -2.14. The summed E-state index contributed by atoms with van der Waals surface area (Å²) < 4.78 is 1.12. The number of hydrogen-bond acceptors (Lipinski definition) is 1. The number of fused-ring (bicyclic) bond motifs is 1. The van der Waals surface area contributed by atoms with Crippen molar-refractivity contribution < 1.29 is 0 Å². The second-order valence-corrected chi connectivity index (χ2v) is 5.97. The molecule has 0 spiro atoms. The fourth-order valence-corrected chi connectivity index (χ4v) is 2.79. The zero-order valence-electron chi connectivity index (χ0n) is 11.4. The maximum atomic E-state index is 3.56. The molecule has 3 aromatic rings. The highest BCUT2D eigenvalue weighted by Gasteiger charge is 2.05. The molecule has 2 aromatic carbocycles. The van der Waals surface area contributed by atoms with E-state index in [1.54, 1.807) is 0 Å². The third-order valence-electron chi connectivity index (χ3n) is 3.58. The molecule has 0 bridgehead atoms. The molecule has 1 heterocycles. The van der Waals surface area contributed by atoms with Crippen molar-refractivity contribution in [1.29, 1.82) is 0 Å². The van der Waals surface area contributed by atoms with Crippen molar-refractivity contribution in [2.24, 2.45) is 0 Å². The molecule has 2 nitrogen and oxygen atoms in total. The van der Waals surface area contributed by atoms with Gasteiger partial charge in [-0.2, -0.15) is 0 Å². The first kappa shape index (κ1) is 13.4. The Morgan fingerprint density at radius 2 is 2.05 bits per heavy atom. The number of aromatic nitrogens is 1. The number of halogens is 1. The van der Waals surface area contributed by atoms with Gasteiger partial charge < -0.3 is 10.3 Å². The molecule has 0 saturated carbocycles. The fourth-order valence-electron chi connectivity index (χ4n) is 2.37. The molecule has 20 heavy (non-hydrogen) atoms. The summed E-state index contributed by atoms with van der Waals surface area (Å²) >= 11 is 3.52. The highest BCUT2D eigenvalue weighted by atomic mass is 79.9. The monoisotopic (exact) mass is 328 g/mol. The van der Waals surface area contributed by atoms with E-state index in [0.29, 0.717) is 6.04 Å². The number of rotatable bonds is 4. The zero-order valence-corrected chi connectivity index (χ0v) is 12.9. The lowest BCUT2D eigenvalue weighted by molar-refractivity contribution is 0.575. The molecule has 1 aromatic heterocycles. The Morgan fingerprint density at radius 3 is 2.90 bits per heavy atom. The zero-order chi connectivity index (χ0) is 13.9. The molecule has 0 fully saturated rings. The van der Waals surface area contributed by atoms with Crippen molar-refractivity contribution in [3.05, 3.63) is 70.3 Å². The third-order valence-corrected chi connectivity index (χ3v) is 4.07. The SMILES string of the molecule is C[C@H](NCc1ccc2cc[nH]c2c1)c1cccc(Br)c1. The average molecular weight is 329 g/mol. The Morgan fingerprint density at radius 1 is 1.15 bits per heavy atom. The van der Waals surface area contributed by atoms with E-state index in [2.05, 4.69) is 81.7 Å². The van der Waals surface area contributed by atoms with Crippen LogP contribution in [-0.2, 0) is 6.54 Å². The lowest BCUT2D eigenvalue weighted by atomic mass is 10.1. The van der Waals surface area contributed by atoms with Gasteiger partial charge in [-0.1, -0.05) is 40.2 Å². The highest BCUT2D eigenvalue weighted by molar-refractivity contribution is 9.10. The van der Waals surface area contributed by atoms with Gasteiger partial charge in [0.1, 0.15) is 0 Å². The van der Waals surface area contributed by atoms with Gasteiger partial charge in [0.25, 0.3) is 0 Å². The molecule has 0 unspecified atom stereocenters. The van der Waals surface area contributed by atoms with Crippen LogP contribution in [0.5, 0.6) is 0 Å². The second-order valence-electron chi connectivity index (χ2n) is 5.06. The van der Waals surface area contributed by atoms with Gasteiger partial charge in [0.05, 0.1) is 0 Å². The molecule has 0 amide bonds. The van der Waals surface area contributed by atoms with E-state index in [-0.39, 0.29) is 0 Å². The van der Waals surface area contributed by atoms with Gasteiger partial charge in [0, 0.05) is 28.8 Å². The largest absolute Gasteiger partial charge is 0.361 e. The molecule has 3 heteroatoms. The summed E-state index contributed by atoms with van der Waals surface area (Å²) in [6, 6.07) is 17.4. The molecular formula is C17H17BrN2. The number of benzene rings is 2. The van der Waals surface area contributed by atoms with Crippen LogP contribution in [-0.4, -0.2) is 4.98 Å². The molecule has 0 aliphatic heterocycles. The topological polar surface area (TPSA) is 27.8 Å². The van der Waals surface area contributed by atoms with Crippen LogP contribution >= 0.6 is 15.9 Å². The highest BCUT2D eigenvalue weighted by Crippen LogP contribution is 2.19. The average Bonchev–Trinajstić information content (AvgIpc) is 2.92. The van der Waals surface area contributed by atoms with Crippen LogP contribution in [0.25, 0.3) is 10.9 Å². The molecule has 0 saturated heterocycles. The van der Waals surface area contributed by atoms with E-state index in [1.165, 1.54) is 22.0 Å². The van der Waals surface area contributed by atoms with E-state index in [9.17, 15) is 0 Å². The Hall–Kier alpha value is -1.58. The standard InChI is InChI=1S/C17H17BrN2/c1-12(15-3-2-4-16(18)10-15)20-11-13-5-6-14-7-8-19-17(14)9-13/h2-10,12,19-20H,11H2,1H3/t12-/m0/s1. The summed E-state index contributed by atoms with van der Waals surface area (Å²) in [5.74, 6) is 0. The van der Waals surface area contributed by atoms with Gasteiger partial charge in [-0.05, 0) is 47.7 Å².